The number of anilines is 1. The molecule has 142 valence electrons. The van der Waals surface area contributed by atoms with Crippen LogP contribution >= 0.6 is 11.3 Å². The maximum absolute atomic E-state index is 12.5. The summed E-state index contributed by atoms with van der Waals surface area (Å²) in [6.45, 7) is 2.21. The zero-order valence-corrected chi connectivity index (χ0v) is 16.5. The highest BCUT2D eigenvalue weighted by Crippen LogP contribution is 2.27. The number of pyridine rings is 1. The summed E-state index contributed by atoms with van der Waals surface area (Å²) in [5.41, 5.74) is 1.89. The second-order valence-corrected chi connectivity index (χ2v) is 10.0. The highest BCUT2D eigenvalue weighted by atomic mass is 32.2. The first-order chi connectivity index (χ1) is 13.0. The number of rotatable bonds is 3. The molecule has 0 radical (unpaired) electrons. The lowest BCUT2D eigenvalue weighted by atomic mass is 10.1. The van der Waals surface area contributed by atoms with Crippen LogP contribution in [0.5, 0.6) is 0 Å². The molecule has 1 amide bonds. The smallest absolute Gasteiger partial charge is 0.255 e. The largest absolute Gasteiger partial charge is 0.353 e. The number of hydrogen-bond donors (Lipinski definition) is 0. The van der Waals surface area contributed by atoms with Crippen molar-refractivity contribution in [3.8, 4) is 0 Å². The van der Waals surface area contributed by atoms with Gasteiger partial charge in [0.15, 0.2) is 9.84 Å². The molecule has 1 saturated heterocycles. The highest BCUT2D eigenvalue weighted by Gasteiger charge is 2.26. The van der Waals surface area contributed by atoms with Crippen molar-refractivity contribution in [2.75, 3.05) is 42.6 Å². The van der Waals surface area contributed by atoms with Crippen molar-refractivity contribution in [3.63, 3.8) is 0 Å². The van der Waals surface area contributed by atoms with Crippen LogP contribution in [-0.4, -0.2) is 61.9 Å². The zero-order chi connectivity index (χ0) is 18.9. The Morgan fingerprint density at radius 3 is 2.52 bits per heavy atom. The van der Waals surface area contributed by atoms with Crippen LogP contribution in [0.4, 0.5) is 5.82 Å². The van der Waals surface area contributed by atoms with Crippen LogP contribution in [0, 0.1) is 0 Å². The molecule has 0 atom stereocenters. The fourth-order valence-corrected chi connectivity index (χ4v) is 5.36. The normalized spacial score (nSPS) is 19.6. The second-order valence-electron chi connectivity index (χ2n) is 6.75. The summed E-state index contributed by atoms with van der Waals surface area (Å²) in [4.78, 5) is 22.1. The van der Waals surface area contributed by atoms with Crippen LogP contribution in [0.15, 0.2) is 41.9 Å². The van der Waals surface area contributed by atoms with Crippen LogP contribution in [0.2, 0.25) is 0 Å². The topological polar surface area (TPSA) is 70.6 Å². The molecular weight excluding hydrogens is 382 g/mol. The molecule has 0 aliphatic carbocycles. The monoisotopic (exact) mass is 403 g/mol. The van der Waals surface area contributed by atoms with Gasteiger partial charge < -0.3 is 9.80 Å². The van der Waals surface area contributed by atoms with E-state index in [0.717, 1.165) is 25.3 Å². The van der Waals surface area contributed by atoms with Gasteiger partial charge in [0.05, 0.1) is 17.1 Å². The van der Waals surface area contributed by atoms with Crippen LogP contribution < -0.4 is 4.90 Å². The number of thiophene rings is 1. The number of aromatic nitrogens is 1. The first-order valence-electron chi connectivity index (χ1n) is 8.95. The van der Waals surface area contributed by atoms with E-state index in [1.54, 1.807) is 28.5 Å². The molecule has 0 unspecified atom stereocenters. The molecule has 27 heavy (non-hydrogen) atoms. The summed E-state index contributed by atoms with van der Waals surface area (Å²) < 4.78 is 23.0. The summed E-state index contributed by atoms with van der Waals surface area (Å²) in [6.07, 6.45) is 4.81. The van der Waals surface area contributed by atoms with Crippen LogP contribution in [-0.2, 0) is 9.84 Å². The summed E-state index contributed by atoms with van der Waals surface area (Å²) in [5, 5.41) is 2.09. The summed E-state index contributed by atoms with van der Waals surface area (Å²) in [5.74, 6) is 0.783. The lowest BCUT2D eigenvalue weighted by molar-refractivity contribution is 0.0770. The number of sulfone groups is 1. The van der Waals surface area contributed by atoms with Gasteiger partial charge in [0.25, 0.3) is 5.91 Å². The van der Waals surface area contributed by atoms with Crippen molar-refractivity contribution in [1.82, 2.24) is 9.88 Å². The third-order valence-corrected chi connectivity index (χ3v) is 7.55. The summed E-state index contributed by atoms with van der Waals surface area (Å²) in [7, 11) is -2.99. The highest BCUT2D eigenvalue weighted by molar-refractivity contribution is 7.91. The van der Waals surface area contributed by atoms with E-state index in [2.05, 4.69) is 33.5 Å². The Balaban J connectivity index is 1.40. The molecule has 4 heterocycles. The van der Waals surface area contributed by atoms with Crippen molar-refractivity contribution >= 4 is 38.5 Å². The molecule has 0 spiro atoms. The van der Waals surface area contributed by atoms with Crippen LogP contribution in [0.1, 0.15) is 21.7 Å². The van der Waals surface area contributed by atoms with Crippen molar-refractivity contribution in [2.24, 2.45) is 0 Å². The average molecular weight is 404 g/mol. The Labute approximate surface area is 163 Å². The Morgan fingerprint density at radius 2 is 1.93 bits per heavy atom. The number of carbonyl (C=O) groups is 1. The van der Waals surface area contributed by atoms with Gasteiger partial charge in [-0.25, -0.2) is 13.4 Å². The quantitative estimate of drug-likeness (QED) is 0.787. The minimum atomic E-state index is -2.99. The summed E-state index contributed by atoms with van der Waals surface area (Å²) >= 11 is 1.76. The molecule has 0 N–H and O–H groups in total. The maximum Gasteiger partial charge on any atom is 0.255 e. The van der Waals surface area contributed by atoms with Gasteiger partial charge in [0.1, 0.15) is 5.82 Å². The molecule has 1 fully saturated rings. The predicted octanol–water partition coefficient (Wildman–Crippen LogP) is 2.31. The SMILES string of the molecule is O=C(c1ccc(N2CC=C(c3cccs3)CC2)nc1)N1CCS(=O)(=O)CC1. The molecular formula is C19H21N3O3S2. The molecule has 2 aromatic heterocycles. The molecule has 4 rings (SSSR count). The number of nitrogens with zero attached hydrogens (tertiary/aromatic N) is 3. The predicted molar refractivity (Wildman–Crippen MR) is 108 cm³/mol. The molecule has 2 aliphatic heterocycles. The van der Waals surface area contributed by atoms with Gasteiger partial charge >= 0.3 is 0 Å². The van der Waals surface area contributed by atoms with Crippen LogP contribution in [0.3, 0.4) is 0 Å². The average Bonchev–Trinajstić information content (AvgIpc) is 3.23. The molecule has 6 nitrogen and oxygen atoms in total. The minimum absolute atomic E-state index is 0.0386. The molecule has 2 aliphatic rings. The molecule has 0 saturated carbocycles. The molecule has 8 heteroatoms. The number of carbonyl (C=O) groups excluding carboxylic acids is 1. The van der Waals surface area contributed by atoms with E-state index in [-0.39, 0.29) is 30.5 Å². The standard InChI is InChI=1S/C19H21N3O3S2/c23-19(22-9-12-27(24,25)13-10-22)16-3-4-18(20-14-16)21-7-5-15(6-8-21)17-2-1-11-26-17/h1-5,11,14H,6-10,12-13H2. The Morgan fingerprint density at radius 1 is 1.11 bits per heavy atom. The maximum atomic E-state index is 12.5. The van der Waals surface area contributed by atoms with E-state index in [1.165, 1.54) is 10.5 Å². The minimum Gasteiger partial charge on any atom is -0.353 e. The van der Waals surface area contributed by atoms with Crippen LogP contribution in [0.25, 0.3) is 5.57 Å². The van der Waals surface area contributed by atoms with Gasteiger partial charge in [-0.2, -0.15) is 0 Å². The van der Waals surface area contributed by atoms with Gasteiger partial charge in [-0.1, -0.05) is 12.1 Å². The van der Waals surface area contributed by atoms with E-state index in [4.69, 9.17) is 0 Å². The third-order valence-electron chi connectivity index (χ3n) is 5.00. The molecule has 2 aromatic rings. The summed E-state index contributed by atoms with van der Waals surface area (Å²) in [6, 6.07) is 7.88. The first kappa shape index (κ1) is 18.2. The Kier molecular flexibility index (Phi) is 5.01. The Hall–Kier alpha value is -2.19. The lowest BCUT2D eigenvalue weighted by Crippen LogP contribution is -2.43. The lowest BCUT2D eigenvalue weighted by Gasteiger charge is -2.28. The first-order valence-corrected chi connectivity index (χ1v) is 11.7. The van der Waals surface area contributed by atoms with Crippen molar-refractivity contribution in [3.05, 3.63) is 52.4 Å². The van der Waals surface area contributed by atoms with E-state index in [1.807, 2.05) is 6.07 Å². The number of amides is 1. The van der Waals surface area contributed by atoms with Gasteiger partial charge in [0, 0.05) is 37.3 Å². The van der Waals surface area contributed by atoms with E-state index < -0.39 is 9.84 Å². The van der Waals surface area contributed by atoms with E-state index in [9.17, 15) is 13.2 Å². The van der Waals surface area contributed by atoms with Gasteiger partial charge in [-0.05, 0) is 35.6 Å². The van der Waals surface area contributed by atoms with Gasteiger partial charge in [0.2, 0.25) is 0 Å². The second kappa shape index (κ2) is 7.44. The van der Waals surface area contributed by atoms with Crippen molar-refractivity contribution < 1.29 is 13.2 Å². The van der Waals surface area contributed by atoms with Crippen molar-refractivity contribution in [1.29, 1.82) is 0 Å². The number of hydrogen-bond acceptors (Lipinski definition) is 6. The Bertz CT molecular complexity index is 937. The fourth-order valence-electron chi connectivity index (χ4n) is 3.36. The fraction of sp³-hybridized carbons (Fsp3) is 0.368. The zero-order valence-electron chi connectivity index (χ0n) is 14.9. The van der Waals surface area contributed by atoms with Crippen molar-refractivity contribution in [2.45, 2.75) is 6.42 Å². The van der Waals surface area contributed by atoms with Gasteiger partial charge in [-0.3, -0.25) is 4.79 Å². The molecule has 0 bridgehead atoms. The van der Waals surface area contributed by atoms with E-state index >= 15 is 0 Å². The van der Waals surface area contributed by atoms with Gasteiger partial charge in [-0.15, -0.1) is 11.3 Å². The molecule has 0 aromatic carbocycles. The van der Waals surface area contributed by atoms with E-state index in [0.29, 0.717) is 5.56 Å². The third kappa shape index (κ3) is 4.06.